The Hall–Kier alpha value is -2.17. The van der Waals surface area contributed by atoms with Crippen LogP contribution in [0.15, 0.2) is 24.4 Å². The third-order valence-electron chi connectivity index (χ3n) is 2.98. The molecule has 0 unspecified atom stereocenters. The fourth-order valence-electron chi connectivity index (χ4n) is 1.81. The third kappa shape index (κ3) is 2.99. The molecule has 0 saturated carbocycles. The molecule has 0 bridgehead atoms. The summed E-state index contributed by atoms with van der Waals surface area (Å²) in [5.74, 6) is 0.145. The zero-order valence-corrected chi connectivity index (χ0v) is 11.4. The van der Waals surface area contributed by atoms with Crippen LogP contribution >= 0.6 is 0 Å². The summed E-state index contributed by atoms with van der Waals surface area (Å²) >= 11 is 0. The minimum Gasteiger partial charge on any atom is -0.508 e. The summed E-state index contributed by atoms with van der Waals surface area (Å²) in [6, 6.07) is 4.90. The first-order valence-corrected chi connectivity index (χ1v) is 6.28. The molecule has 3 N–H and O–H groups in total. The van der Waals surface area contributed by atoms with Crippen molar-refractivity contribution < 1.29 is 10.2 Å². The number of phenols is 2. The maximum atomic E-state index is 9.71. The number of phenolic OH excluding ortho intramolecular Hbond substituents is 2. The van der Waals surface area contributed by atoms with E-state index in [2.05, 4.69) is 24.3 Å². The second-order valence-corrected chi connectivity index (χ2v) is 4.87. The van der Waals surface area contributed by atoms with Crippen molar-refractivity contribution in [3.8, 4) is 11.5 Å². The molecule has 2 rings (SSSR count). The number of hydrogen-bond donors (Lipinski definition) is 3. The van der Waals surface area contributed by atoms with Crippen LogP contribution in [0, 0.1) is 6.92 Å². The normalized spacial score (nSPS) is 10.9. The Bertz CT molecular complexity index is 576. The largest absolute Gasteiger partial charge is 0.508 e. The molecule has 0 aliphatic carbocycles. The molecule has 2 aromatic rings. The standard InChI is InChI=1S/C14H19N3O2/c1-9(2)17-8-13(10(3)16-17)15-7-11-4-5-12(18)6-14(11)19/h4-6,8-9,15,18-19H,7H2,1-3H3. The Kier molecular flexibility index (Phi) is 3.64. The second kappa shape index (κ2) is 5.22. The van der Waals surface area contributed by atoms with Crippen LogP contribution in [0.1, 0.15) is 31.1 Å². The SMILES string of the molecule is Cc1nn(C(C)C)cc1NCc1ccc(O)cc1O. The molecule has 0 aliphatic rings. The number of nitrogens with one attached hydrogen (secondary N) is 1. The van der Waals surface area contributed by atoms with E-state index in [4.69, 9.17) is 0 Å². The summed E-state index contributed by atoms with van der Waals surface area (Å²) in [6.07, 6.45) is 1.96. The number of nitrogens with zero attached hydrogens (tertiary/aromatic N) is 2. The van der Waals surface area contributed by atoms with Crippen LogP contribution in [-0.4, -0.2) is 20.0 Å². The van der Waals surface area contributed by atoms with E-state index in [1.165, 1.54) is 6.07 Å². The number of aryl methyl sites for hydroxylation is 1. The molecule has 0 fully saturated rings. The van der Waals surface area contributed by atoms with Gasteiger partial charge in [0.1, 0.15) is 11.5 Å². The van der Waals surface area contributed by atoms with Gasteiger partial charge in [-0.05, 0) is 32.9 Å². The molecular weight excluding hydrogens is 242 g/mol. The lowest BCUT2D eigenvalue weighted by Crippen LogP contribution is -2.01. The number of hydrogen-bond acceptors (Lipinski definition) is 4. The van der Waals surface area contributed by atoms with Crippen LogP contribution in [-0.2, 0) is 6.54 Å². The van der Waals surface area contributed by atoms with Crippen LogP contribution in [0.3, 0.4) is 0 Å². The highest BCUT2D eigenvalue weighted by Crippen LogP contribution is 2.24. The predicted molar refractivity (Wildman–Crippen MR) is 74.4 cm³/mol. The van der Waals surface area contributed by atoms with E-state index in [0.29, 0.717) is 12.6 Å². The summed E-state index contributed by atoms with van der Waals surface area (Å²) in [4.78, 5) is 0. The summed E-state index contributed by atoms with van der Waals surface area (Å²) in [6.45, 7) is 6.57. The summed E-state index contributed by atoms with van der Waals surface area (Å²) in [7, 11) is 0. The highest BCUT2D eigenvalue weighted by atomic mass is 16.3. The van der Waals surface area contributed by atoms with E-state index in [1.54, 1.807) is 12.1 Å². The van der Waals surface area contributed by atoms with Crippen molar-refractivity contribution in [2.75, 3.05) is 5.32 Å². The molecule has 5 heteroatoms. The number of rotatable bonds is 4. The summed E-state index contributed by atoms with van der Waals surface area (Å²) < 4.78 is 1.90. The minimum atomic E-state index is 0.0602. The van der Waals surface area contributed by atoms with Crippen molar-refractivity contribution in [1.29, 1.82) is 0 Å². The molecule has 0 aliphatic heterocycles. The number of anilines is 1. The first kappa shape index (κ1) is 13.3. The van der Waals surface area contributed by atoms with Gasteiger partial charge in [0.05, 0.1) is 11.4 Å². The fraction of sp³-hybridized carbons (Fsp3) is 0.357. The van der Waals surface area contributed by atoms with Crippen LogP contribution in [0.25, 0.3) is 0 Å². The van der Waals surface area contributed by atoms with Crippen molar-refractivity contribution in [3.63, 3.8) is 0 Å². The predicted octanol–water partition coefficient (Wildman–Crippen LogP) is 2.80. The first-order valence-electron chi connectivity index (χ1n) is 6.28. The third-order valence-corrected chi connectivity index (χ3v) is 2.98. The van der Waals surface area contributed by atoms with Gasteiger partial charge in [0, 0.05) is 30.4 Å². The Morgan fingerprint density at radius 1 is 1.32 bits per heavy atom. The maximum absolute atomic E-state index is 9.71. The van der Waals surface area contributed by atoms with Crippen molar-refractivity contribution in [2.24, 2.45) is 0 Å². The van der Waals surface area contributed by atoms with E-state index in [9.17, 15) is 10.2 Å². The smallest absolute Gasteiger partial charge is 0.124 e. The number of benzene rings is 1. The monoisotopic (exact) mass is 261 g/mol. The average Bonchev–Trinajstić information content (AvgIpc) is 2.70. The molecule has 0 atom stereocenters. The first-order chi connectivity index (χ1) is 8.97. The molecule has 0 amide bonds. The molecule has 5 nitrogen and oxygen atoms in total. The molecule has 19 heavy (non-hydrogen) atoms. The molecule has 102 valence electrons. The van der Waals surface area contributed by atoms with Crippen molar-refractivity contribution in [2.45, 2.75) is 33.4 Å². The minimum absolute atomic E-state index is 0.0602. The lowest BCUT2D eigenvalue weighted by Gasteiger charge is -2.07. The van der Waals surface area contributed by atoms with Gasteiger partial charge >= 0.3 is 0 Å². The van der Waals surface area contributed by atoms with Crippen LogP contribution < -0.4 is 5.32 Å². The molecule has 0 radical (unpaired) electrons. The zero-order valence-electron chi connectivity index (χ0n) is 11.4. The molecular formula is C14H19N3O2. The maximum Gasteiger partial charge on any atom is 0.124 e. The van der Waals surface area contributed by atoms with E-state index >= 15 is 0 Å². The lowest BCUT2D eigenvalue weighted by molar-refractivity contribution is 0.446. The van der Waals surface area contributed by atoms with E-state index in [-0.39, 0.29) is 11.5 Å². The number of aromatic hydroxyl groups is 2. The Labute approximate surface area is 112 Å². The molecule has 1 aromatic carbocycles. The lowest BCUT2D eigenvalue weighted by atomic mass is 10.2. The summed E-state index contributed by atoms with van der Waals surface area (Å²) in [5.41, 5.74) is 2.60. The Morgan fingerprint density at radius 2 is 2.05 bits per heavy atom. The van der Waals surface area contributed by atoms with E-state index < -0.39 is 0 Å². The van der Waals surface area contributed by atoms with Crippen molar-refractivity contribution in [3.05, 3.63) is 35.7 Å². The summed E-state index contributed by atoms with van der Waals surface area (Å²) in [5, 5.41) is 26.6. The van der Waals surface area contributed by atoms with E-state index in [1.807, 2.05) is 17.8 Å². The zero-order chi connectivity index (χ0) is 14.0. The molecule has 0 saturated heterocycles. The van der Waals surface area contributed by atoms with Crippen molar-refractivity contribution in [1.82, 2.24) is 9.78 Å². The van der Waals surface area contributed by atoms with Gasteiger partial charge in [-0.15, -0.1) is 0 Å². The Morgan fingerprint density at radius 3 is 2.63 bits per heavy atom. The quantitative estimate of drug-likeness (QED) is 0.791. The second-order valence-electron chi connectivity index (χ2n) is 4.87. The highest BCUT2D eigenvalue weighted by Gasteiger charge is 2.08. The van der Waals surface area contributed by atoms with Gasteiger partial charge in [0.25, 0.3) is 0 Å². The van der Waals surface area contributed by atoms with Gasteiger partial charge in [-0.1, -0.05) is 0 Å². The topological polar surface area (TPSA) is 70.3 Å². The van der Waals surface area contributed by atoms with Gasteiger partial charge in [-0.25, -0.2) is 0 Å². The Balaban J connectivity index is 2.10. The fourth-order valence-corrected chi connectivity index (χ4v) is 1.81. The van der Waals surface area contributed by atoms with Crippen molar-refractivity contribution >= 4 is 5.69 Å². The van der Waals surface area contributed by atoms with Gasteiger partial charge in [0.2, 0.25) is 0 Å². The number of aromatic nitrogens is 2. The van der Waals surface area contributed by atoms with E-state index in [0.717, 1.165) is 16.9 Å². The molecule has 0 spiro atoms. The van der Waals surface area contributed by atoms with Crippen LogP contribution in [0.2, 0.25) is 0 Å². The molecule has 1 aromatic heterocycles. The highest BCUT2D eigenvalue weighted by molar-refractivity contribution is 5.48. The van der Waals surface area contributed by atoms with Gasteiger partial charge in [0.15, 0.2) is 0 Å². The van der Waals surface area contributed by atoms with Gasteiger partial charge in [-0.3, -0.25) is 4.68 Å². The molecule has 1 heterocycles. The van der Waals surface area contributed by atoms with Gasteiger partial charge in [-0.2, -0.15) is 5.10 Å². The van der Waals surface area contributed by atoms with Crippen LogP contribution in [0.4, 0.5) is 5.69 Å². The van der Waals surface area contributed by atoms with Crippen LogP contribution in [0.5, 0.6) is 11.5 Å². The average molecular weight is 261 g/mol. The van der Waals surface area contributed by atoms with Gasteiger partial charge < -0.3 is 15.5 Å².